The Labute approximate surface area is 143 Å². The van der Waals surface area contributed by atoms with Crippen LogP contribution in [0.1, 0.15) is 0 Å². The topological polar surface area (TPSA) is 17.3 Å². The van der Waals surface area contributed by atoms with Crippen LogP contribution in [-0.4, -0.2) is 9.38 Å². The van der Waals surface area contributed by atoms with Gasteiger partial charge in [0.2, 0.25) is 0 Å². The summed E-state index contributed by atoms with van der Waals surface area (Å²) in [6, 6.07) is 30.1. The lowest BCUT2D eigenvalue weighted by molar-refractivity contribution is 1.32. The lowest BCUT2D eigenvalue weighted by Gasteiger charge is -2.08. The Bertz CT molecular complexity index is 1440. The summed E-state index contributed by atoms with van der Waals surface area (Å²) in [7, 11) is 0. The second kappa shape index (κ2) is 4.58. The van der Waals surface area contributed by atoms with E-state index in [9.17, 15) is 0 Å². The van der Waals surface area contributed by atoms with Crippen molar-refractivity contribution in [2.45, 2.75) is 0 Å². The van der Waals surface area contributed by atoms with Gasteiger partial charge in [-0.25, -0.2) is 4.98 Å². The molecule has 0 bridgehead atoms. The molecule has 2 heterocycles. The number of hydrogen-bond donors (Lipinski definition) is 0. The number of aromatic nitrogens is 2. The molecule has 0 radical (unpaired) electrons. The third kappa shape index (κ3) is 1.66. The van der Waals surface area contributed by atoms with Gasteiger partial charge in [0.1, 0.15) is 5.65 Å². The number of benzene rings is 4. The first-order valence-electron chi connectivity index (χ1n) is 8.50. The van der Waals surface area contributed by atoms with Gasteiger partial charge in [-0.2, -0.15) is 0 Å². The SMILES string of the molecule is c1ccc2cc3c(cc2c1)nc1c2ccccc2c2ccccc2n31. The van der Waals surface area contributed by atoms with E-state index in [2.05, 4.69) is 89.3 Å². The van der Waals surface area contributed by atoms with Crippen molar-refractivity contribution >= 4 is 49.1 Å². The standard InChI is InChI=1S/C23H14N2/c1-2-8-16-14-22-20(13-15(16)7-1)24-23-19-11-4-3-9-17(19)18-10-5-6-12-21(18)25(22)23/h1-14H. The van der Waals surface area contributed by atoms with Crippen LogP contribution in [0, 0.1) is 0 Å². The van der Waals surface area contributed by atoms with Crippen LogP contribution in [0.15, 0.2) is 84.9 Å². The molecule has 2 heteroatoms. The Balaban J connectivity index is 1.98. The zero-order valence-corrected chi connectivity index (χ0v) is 13.5. The summed E-state index contributed by atoms with van der Waals surface area (Å²) in [6.45, 7) is 0. The fourth-order valence-corrected chi connectivity index (χ4v) is 4.00. The predicted molar refractivity (Wildman–Crippen MR) is 105 cm³/mol. The fraction of sp³-hybridized carbons (Fsp3) is 0. The largest absolute Gasteiger partial charge is 0.292 e. The highest BCUT2D eigenvalue weighted by Gasteiger charge is 2.13. The second-order valence-corrected chi connectivity index (χ2v) is 6.52. The van der Waals surface area contributed by atoms with E-state index in [-0.39, 0.29) is 0 Å². The van der Waals surface area contributed by atoms with Gasteiger partial charge in [0.05, 0.1) is 16.6 Å². The fourth-order valence-electron chi connectivity index (χ4n) is 4.00. The molecule has 6 aromatic rings. The summed E-state index contributed by atoms with van der Waals surface area (Å²) >= 11 is 0. The molecule has 2 nitrogen and oxygen atoms in total. The highest BCUT2D eigenvalue weighted by Crippen LogP contribution is 2.33. The Morgan fingerprint density at radius 3 is 2.04 bits per heavy atom. The summed E-state index contributed by atoms with van der Waals surface area (Å²) in [5, 5.41) is 6.19. The van der Waals surface area contributed by atoms with Gasteiger partial charge in [0, 0.05) is 10.8 Å². The number of hydrogen-bond acceptors (Lipinski definition) is 1. The Kier molecular flexibility index (Phi) is 2.37. The minimum Gasteiger partial charge on any atom is -0.292 e. The van der Waals surface area contributed by atoms with Crippen LogP contribution in [0.4, 0.5) is 0 Å². The van der Waals surface area contributed by atoms with Gasteiger partial charge in [-0.15, -0.1) is 0 Å². The molecular formula is C23H14N2. The van der Waals surface area contributed by atoms with Crippen molar-refractivity contribution in [3.8, 4) is 0 Å². The van der Waals surface area contributed by atoms with Crippen molar-refractivity contribution in [3.63, 3.8) is 0 Å². The number of imidazole rings is 1. The molecule has 25 heavy (non-hydrogen) atoms. The molecule has 0 aliphatic rings. The van der Waals surface area contributed by atoms with Crippen LogP contribution in [0.2, 0.25) is 0 Å². The molecule has 0 aliphatic heterocycles. The van der Waals surface area contributed by atoms with E-state index in [1.54, 1.807) is 0 Å². The maximum Gasteiger partial charge on any atom is 0.146 e. The van der Waals surface area contributed by atoms with Crippen molar-refractivity contribution in [2.24, 2.45) is 0 Å². The highest BCUT2D eigenvalue weighted by molar-refractivity contribution is 6.14. The van der Waals surface area contributed by atoms with Crippen LogP contribution in [0.25, 0.3) is 49.1 Å². The van der Waals surface area contributed by atoms with Crippen LogP contribution in [-0.2, 0) is 0 Å². The minimum atomic E-state index is 1.03. The number of nitrogens with zero attached hydrogens (tertiary/aromatic N) is 2. The average molecular weight is 318 g/mol. The smallest absolute Gasteiger partial charge is 0.146 e. The molecule has 0 fully saturated rings. The first kappa shape index (κ1) is 13.0. The predicted octanol–water partition coefficient (Wildman–Crippen LogP) is 5.95. The van der Waals surface area contributed by atoms with Crippen molar-refractivity contribution < 1.29 is 0 Å². The van der Waals surface area contributed by atoms with Crippen molar-refractivity contribution in [1.29, 1.82) is 0 Å². The molecule has 0 N–H and O–H groups in total. The number of fused-ring (bicyclic) bond motifs is 9. The van der Waals surface area contributed by atoms with E-state index in [0.717, 1.165) is 16.7 Å². The molecule has 0 amide bonds. The quantitative estimate of drug-likeness (QED) is 0.316. The maximum absolute atomic E-state index is 5.01. The van der Waals surface area contributed by atoms with Crippen LogP contribution < -0.4 is 0 Å². The number of rotatable bonds is 0. The van der Waals surface area contributed by atoms with Crippen molar-refractivity contribution in [2.75, 3.05) is 0 Å². The Morgan fingerprint density at radius 1 is 0.560 bits per heavy atom. The van der Waals surface area contributed by atoms with E-state index in [4.69, 9.17) is 4.98 Å². The van der Waals surface area contributed by atoms with E-state index in [1.165, 1.54) is 32.4 Å². The zero-order valence-electron chi connectivity index (χ0n) is 13.5. The normalized spacial score (nSPS) is 12.0. The van der Waals surface area contributed by atoms with Gasteiger partial charge in [-0.05, 0) is 34.4 Å². The van der Waals surface area contributed by atoms with Crippen LogP contribution in [0.5, 0.6) is 0 Å². The Morgan fingerprint density at radius 2 is 1.20 bits per heavy atom. The molecule has 0 saturated carbocycles. The van der Waals surface area contributed by atoms with E-state index in [0.29, 0.717) is 0 Å². The zero-order chi connectivity index (χ0) is 16.4. The summed E-state index contributed by atoms with van der Waals surface area (Å²) in [5.74, 6) is 0. The first-order chi connectivity index (χ1) is 12.4. The molecule has 0 aliphatic carbocycles. The van der Waals surface area contributed by atoms with Crippen molar-refractivity contribution in [3.05, 3.63) is 84.9 Å². The third-order valence-corrected chi connectivity index (χ3v) is 5.13. The summed E-state index contributed by atoms with van der Waals surface area (Å²) in [6.07, 6.45) is 0. The van der Waals surface area contributed by atoms with Crippen LogP contribution >= 0.6 is 0 Å². The third-order valence-electron chi connectivity index (χ3n) is 5.13. The summed E-state index contributed by atoms with van der Waals surface area (Å²) in [5.41, 5.74) is 4.43. The molecule has 0 saturated heterocycles. The molecule has 2 aromatic heterocycles. The molecule has 4 aromatic carbocycles. The summed E-state index contributed by atoms with van der Waals surface area (Å²) < 4.78 is 2.30. The van der Waals surface area contributed by atoms with Gasteiger partial charge >= 0.3 is 0 Å². The Hall–Kier alpha value is -3.39. The number of para-hydroxylation sites is 1. The first-order valence-corrected chi connectivity index (χ1v) is 8.50. The molecule has 116 valence electrons. The van der Waals surface area contributed by atoms with E-state index >= 15 is 0 Å². The van der Waals surface area contributed by atoms with E-state index in [1.807, 2.05) is 0 Å². The highest BCUT2D eigenvalue weighted by atomic mass is 15.0. The van der Waals surface area contributed by atoms with Crippen LogP contribution in [0.3, 0.4) is 0 Å². The number of pyridine rings is 1. The van der Waals surface area contributed by atoms with E-state index < -0.39 is 0 Å². The lowest BCUT2D eigenvalue weighted by atomic mass is 10.1. The van der Waals surface area contributed by atoms with Gasteiger partial charge in [0.15, 0.2) is 0 Å². The summed E-state index contributed by atoms with van der Waals surface area (Å²) in [4.78, 5) is 5.01. The van der Waals surface area contributed by atoms with Gasteiger partial charge < -0.3 is 0 Å². The molecule has 0 spiro atoms. The average Bonchev–Trinajstić information content (AvgIpc) is 3.05. The minimum absolute atomic E-state index is 1.03. The maximum atomic E-state index is 5.01. The second-order valence-electron chi connectivity index (χ2n) is 6.52. The van der Waals surface area contributed by atoms with Gasteiger partial charge in [-0.1, -0.05) is 66.7 Å². The molecule has 0 atom stereocenters. The molecule has 6 rings (SSSR count). The molecule has 0 unspecified atom stereocenters. The molecular weight excluding hydrogens is 304 g/mol. The van der Waals surface area contributed by atoms with Crippen molar-refractivity contribution in [1.82, 2.24) is 9.38 Å². The van der Waals surface area contributed by atoms with Gasteiger partial charge in [-0.3, -0.25) is 4.40 Å². The monoisotopic (exact) mass is 318 g/mol. The van der Waals surface area contributed by atoms with Gasteiger partial charge in [0.25, 0.3) is 0 Å². The lowest BCUT2D eigenvalue weighted by Crippen LogP contribution is -1.91.